The predicted octanol–water partition coefficient (Wildman–Crippen LogP) is 0.908. The molecule has 23 heavy (non-hydrogen) atoms. The lowest BCUT2D eigenvalue weighted by atomic mass is 10.1. The van der Waals surface area contributed by atoms with Gasteiger partial charge >= 0.3 is 0 Å². The molecule has 1 aliphatic rings. The summed E-state index contributed by atoms with van der Waals surface area (Å²) in [5.74, 6) is 0.328. The van der Waals surface area contributed by atoms with Crippen molar-refractivity contribution in [2.75, 3.05) is 13.2 Å². The van der Waals surface area contributed by atoms with E-state index in [1.54, 1.807) is 12.1 Å². The smallest absolute Gasteiger partial charge is 0.261 e. The molecule has 3 aromatic heterocycles. The highest BCUT2D eigenvalue weighted by atomic mass is 16.5. The Labute approximate surface area is 132 Å². The fourth-order valence-corrected chi connectivity index (χ4v) is 2.93. The maximum atomic E-state index is 12.5. The first-order chi connectivity index (χ1) is 11.2. The van der Waals surface area contributed by atoms with Crippen LogP contribution < -0.4 is 4.74 Å². The van der Waals surface area contributed by atoms with Gasteiger partial charge in [0.1, 0.15) is 6.33 Å². The Morgan fingerprint density at radius 1 is 1.35 bits per heavy atom. The second-order valence-corrected chi connectivity index (χ2v) is 5.48. The van der Waals surface area contributed by atoms with Crippen molar-refractivity contribution < 1.29 is 9.53 Å². The van der Waals surface area contributed by atoms with Crippen molar-refractivity contribution in [2.45, 2.75) is 19.5 Å². The highest BCUT2D eigenvalue weighted by Gasteiger charge is 2.27. The van der Waals surface area contributed by atoms with Gasteiger partial charge in [0, 0.05) is 31.0 Å². The van der Waals surface area contributed by atoms with Crippen LogP contribution in [0.15, 0.2) is 36.8 Å². The Balaban J connectivity index is 1.44. The van der Waals surface area contributed by atoms with Crippen molar-refractivity contribution in [1.29, 1.82) is 0 Å². The Hall–Kier alpha value is -2.90. The molecule has 0 radical (unpaired) electrons. The molecule has 0 fully saturated rings. The molecular weight excluding hydrogens is 296 g/mol. The average Bonchev–Trinajstić information content (AvgIpc) is 3.21. The van der Waals surface area contributed by atoms with E-state index in [9.17, 15) is 4.79 Å². The second kappa shape index (κ2) is 5.38. The number of fused-ring (bicyclic) bond motifs is 2. The molecule has 8 nitrogen and oxygen atoms in total. The third-order valence-electron chi connectivity index (χ3n) is 4.14. The van der Waals surface area contributed by atoms with E-state index in [1.807, 2.05) is 30.2 Å². The van der Waals surface area contributed by atoms with Gasteiger partial charge in [0.05, 0.1) is 6.04 Å². The number of hydrogen-bond acceptors (Lipinski definition) is 5. The molecule has 8 heteroatoms. The van der Waals surface area contributed by atoms with Crippen molar-refractivity contribution in [3.8, 4) is 5.88 Å². The lowest BCUT2D eigenvalue weighted by Gasteiger charge is -2.34. The molecule has 4 rings (SSSR count). The first-order valence-electron chi connectivity index (χ1n) is 7.47. The Kier molecular flexibility index (Phi) is 3.22. The number of aromatic nitrogens is 5. The van der Waals surface area contributed by atoms with Crippen LogP contribution >= 0.6 is 0 Å². The summed E-state index contributed by atoms with van der Waals surface area (Å²) in [5.41, 5.74) is 1.78. The van der Waals surface area contributed by atoms with Gasteiger partial charge in [0.25, 0.3) is 5.91 Å². The topological polar surface area (TPSA) is 77.5 Å². The molecule has 0 saturated carbocycles. The number of rotatable bonds is 3. The molecule has 3 aromatic rings. The number of nitrogens with zero attached hydrogens (tertiary/aromatic N) is 6. The van der Waals surface area contributed by atoms with E-state index < -0.39 is 0 Å². The average molecular weight is 312 g/mol. The SMILES string of the molecule is C[C@H]1c2cccn2CCN1C(=O)COc1ccc2nncn2n1. The van der Waals surface area contributed by atoms with Crippen LogP contribution in [0.2, 0.25) is 0 Å². The number of hydrogen-bond donors (Lipinski definition) is 0. The molecule has 118 valence electrons. The summed E-state index contributed by atoms with van der Waals surface area (Å²) in [6.45, 7) is 3.49. The minimum Gasteiger partial charge on any atom is -0.467 e. The highest BCUT2D eigenvalue weighted by molar-refractivity contribution is 5.78. The third kappa shape index (κ3) is 2.41. The molecule has 1 aliphatic heterocycles. The maximum absolute atomic E-state index is 12.5. The van der Waals surface area contributed by atoms with E-state index in [0.717, 1.165) is 12.2 Å². The van der Waals surface area contributed by atoms with E-state index in [0.29, 0.717) is 18.1 Å². The van der Waals surface area contributed by atoms with Crippen LogP contribution in [0.1, 0.15) is 18.7 Å². The van der Waals surface area contributed by atoms with E-state index >= 15 is 0 Å². The van der Waals surface area contributed by atoms with Gasteiger partial charge in [-0.05, 0) is 25.1 Å². The summed E-state index contributed by atoms with van der Waals surface area (Å²) in [6.07, 6.45) is 3.54. The summed E-state index contributed by atoms with van der Waals surface area (Å²) >= 11 is 0. The molecule has 0 aliphatic carbocycles. The lowest BCUT2D eigenvalue weighted by molar-refractivity contribution is -0.136. The number of carbonyl (C=O) groups excluding carboxylic acids is 1. The van der Waals surface area contributed by atoms with Crippen molar-refractivity contribution >= 4 is 11.6 Å². The molecule has 0 spiro atoms. The fourth-order valence-electron chi connectivity index (χ4n) is 2.93. The molecule has 0 N–H and O–H groups in total. The largest absolute Gasteiger partial charge is 0.467 e. The molecule has 0 saturated heterocycles. The van der Waals surface area contributed by atoms with Gasteiger partial charge < -0.3 is 14.2 Å². The number of carbonyl (C=O) groups is 1. The van der Waals surface area contributed by atoms with Crippen LogP contribution in [-0.4, -0.2) is 48.3 Å². The van der Waals surface area contributed by atoms with Crippen molar-refractivity contribution in [1.82, 2.24) is 29.3 Å². The van der Waals surface area contributed by atoms with Gasteiger partial charge in [-0.25, -0.2) is 0 Å². The minimum absolute atomic E-state index is 0.0360. The third-order valence-corrected chi connectivity index (χ3v) is 4.14. The summed E-state index contributed by atoms with van der Waals surface area (Å²) in [7, 11) is 0. The van der Waals surface area contributed by atoms with E-state index in [1.165, 1.54) is 10.8 Å². The Morgan fingerprint density at radius 3 is 3.17 bits per heavy atom. The first-order valence-corrected chi connectivity index (χ1v) is 7.47. The van der Waals surface area contributed by atoms with Crippen molar-refractivity contribution in [2.24, 2.45) is 0 Å². The highest BCUT2D eigenvalue weighted by Crippen LogP contribution is 2.25. The molecule has 1 atom stereocenters. The maximum Gasteiger partial charge on any atom is 0.261 e. The molecule has 4 heterocycles. The van der Waals surface area contributed by atoms with Gasteiger partial charge in [-0.2, -0.15) is 4.52 Å². The first kappa shape index (κ1) is 13.7. The lowest BCUT2D eigenvalue weighted by Crippen LogP contribution is -2.42. The summed E-state index contributed by atoms with van der Waals surface area (Å²) in [6, 6.07) is 7.53. The van der Waals surface area contributed by atoms with Crippen molar-refractivity contribution in [3.05, 3.63) is 42.5 Å². The zero-order valence-corrected chi connectivity index (χ0v) is 12.7. The molecular formula is C15H16N6O2. The Morgan fingerprint density at radius 2 is 2.26 bits per heavy atom. The van der Waals surface area contributed by atoms with E-state index in [-0.39, 0.29) is 18.6 Å². The van der Waals surface area contributed by atoms with Crippen LogP contribution in [0.25, 0.3) is 5.65 Å². The van der Waals surface area contributed by atoms with Gasteiger partial charge in [-0.3, -0.25) is 4.79 Å². The summed E-state index contributed by atoms with van der Waals surface area (Å²) < 4.78 is 9.22. The molecule has 0 aromatic carbocycles. The molecule has 1 amide bonds. The van der Waals surface area contributed by atoms with Gasteiger partial charge in [-0.1, -0.05) is 0 Å². The molecule has 0 bridgehead atoms. The van der Waals surface area contributed by atoms with E-state index in [4.69, 9.17) is 4.74 Å². The zero-order chi connectivity index (χ0) is 15.8. The zero-order valence-electron chi connectivity index (χ0n) is 12.7. The minimum atomic E-state index is -0.0457. The van der Waals surface area contributed by atoms with Crippen LogP contribution in [0.4, 0.5) is 0 Å². The van der Waals surface area contributed by atoms with Gasteiger partial charge in [-0.15, -0.1) is 15.3 Å². The normalized spacial score (nSPS) is 17.3. The fraction of sp³-hybridized carbons (Fsp3) is 0.333. The van der Waals surface area contributed by atoms with Crippen molar-refractivity contribution in [3.63, 3.8) is 0 Å². The summed E-state index contributed by atoms with van der Waals surface area (Å²) in [5, 5.41) is 11.8. The molecule has 0 unspecified atom stereocenters. The van der Waals surface area contributed by atoms with Gasteiger partial charge in [0.2, 0.25) is 5.88 Å². The van der Waals surface area contributed by atoms with Crippen LogP contribution in [-0.2, 0) is 11.3 Å². The van der Waals surface area contributed by atoms with Crippen LogP contribution in [0.3, 0.4) is 0 Å². The standard InChI is InChI=1S/C15H16N6O2/c1-11-12-3-2-6-19(12)7-8-20(11)15(22)9-23-14-5-4-13-17-16-10-21(13)18-14/h2-6,10-11H,7-9H2,1H3/t11-/m0/s1. The van der Waals surface area contributed by atoms with E-state index in [2.05, 4.69) is 19.9 Å². The predicted molar refractivity (Wildman–Crippen MR) is 80.8 cm³/mol. The number of ether oxygens (including phenoxy) is 1. The summed E-state index contributed by atoms with van der Waals surface area (Å²) in [4.78, 5) is 14.3. The number of amides is 1. The van der Waals surface area contributed by atoms with Gasteiger partial charge in [0.15, 0.2) is 12.3 Å². The Bertz CT molecular complexity index is 854. The monoisotopic (exact) mass is 312 g/mol. The van der Waals surface area contributed by atoms with Crippen LogP contribution in [0, 0.1) is 0 Å². The quantitative estimate of drug-likeness (QED) is 0.718. The second-order valence-electron chi connectivity index (χ2n) is 5.48. The van der Waals surface area contributed by atoms with Crippen LogP contribution in [0.5, 0.6) is 5.88 Å².